The third kappa shape index (κ3) is 6.90. The number of likely N-dealkylation sites (tertiary alicyclic amines) is 1. The zero-order valence-corrected chi connectivity index (χ0v) is 17.8. The summed E-state index contributed by atoms with van der Waals surface area (Å²) in [5.74, 6) is -1.48. The molecule has 164 valence electrons. The number of carbonyl (C=O) groups excluding carboxylic acids is 3. The Morgan fingerprint density at radius 1 is 1.21 bits per heavy atom. The zero-order chi connectivity index (χ0) is 21.8. The molecule has 0 unspecified atom stereocenters. The van der Waals surface area contributed by atoms with Crippen molar-refractivity contribution >= 4 is 18.0 Å². The highest BCUT2D eigenvalue weighted by Gasteiger charge is 2.50. The SMILES string of the molecule is CCO/C=C/C(=O)NC(=O)N[C@H]1CN(C(=O)OC(C)(C)C)C[C@@H]2OC(C)(C)O[C@H]12. The largest absolute Gasteiger partial charge is 0.501 e. The summed E-state index contributed by atoms with van der Waals surface area (Å²) in [5.41, 5.74) is -0.653. The Kier molecular flexibility index (Phi) is 7.12. The Morgan fingerprint density at radius 2 is 1.90 bits per heavy atom. The zero-order valence-electron chi connectivity index (χ0n) is 17.8. The van der Waals surface area contributed by atoms with E-state index in [4.69, 9.17) is 18.9 Å². The number of piperidine rings is 1. The number of rotatable bonds is 4. The summed E-state index contributed by atoms with van der Waals surface area (Å²) >= 11 is 0. The molecule has 0 bridgehead atoms. The lowest BCUT2D eigenvalue weighted by atomic mass is 10.00. The molecule has 0 radical (unpaired) electrons. The van der Waals surface area contributed by atoms with Gasteiger partial charge in [-0.2, -0.15) is 0 Å². The monoisotopic (exact) mass is 413 g/mol. The number of amides is 4. The molecule has 2 aliphatic rings. The number of nitrogens with zero attached hydrogens (tertiary/aromatic N) is 1. The van der Waals surface area contributed by atoms with Crippen molar-refractivity contribution in [3.05, 3.63) is 12.3 Å². The molecule has 2 saturated heterocycles. The van der Waals surface area contributed by atoms with Gasteiger partial charge in [0.2, 0.25) is 0 Å². The molecule has 0 saturated carbocycles. The standard InChI is InChI=1S/C19H31N3O7/c1-7-26-9-8-14(23)21-16(24)20-12-10-22(17(25)29-18(2,3)4)11-13-15(12)28-19(5,6)27-13/h8-9,12-13,15H,7,10-11H2,1-6H3,(H2,20,21,23,24)/b9-8+/t12-,13-,15+/m0/s1. The smallest absolute Gasteiger partial charge is 0.410 e. The van der Waals surface area contributed by atoms with Crippen molar-refractivity contribution in [1.82, 2.24) is 15.5 Å². The third-order valence-electron chi connectivity index (χ3n) is 4.12. The number of nitrogens with one attached hydrogen (secondary N) is 2. The number of fused-ring (bicyclic) bond motifs is 1. The summed E-state index contributed by atoms with van der Waals surface area (Å²) in [7, 11) is 0. The molecule has 2 rings (SSSR count). The number of imide groups is 1. The van der Waals surface area contributed by atoms with Crippen LogP contribution >= 0.6 is 0 Å². The molecule has 29 heavy (non-hydrogen) atoms. The van der Waals surface area contributed by atoms with Crippen molar-refractivity contribution in [3.8, 4) is 0 Å². The number of carbonyl (C=O) groups is 3. The Morgan fingerprint density at radius 3 is 2.52 bits per heavy atom. The Labute approximate surface area is 170 Å². The maximum Gasteiger partial charge on any atom is 0.410 e. The van der Waals surface area contributed by atoms with E-state index < -0.39 is 47.7 Å². The van der Waals surface area contributed by atoms with Gasteiger partial charge in [0, 0.05) is 12.6 Å². The second-order valence-corrected chi connectivity index (χ2v) is 8.35. The molecule has 10 heteroatoms. The van der Waals surface area contributed by atoms with Crippen molar-refractivity contribution in [2.75, 3.05) is 19.7 Å². The van der Waals surface area contributed by atoms with E-state index in [1.54, 1.807) is 41.5 Å². The molecule has 0 aromatic rings. The van der Waals surface area contributed by atoms with E-state index >= 15 is 0 Å². The molecule has 0 aromatic carbocycles. The van der Waals surface area contributed by atoms with Crippen LogP contribution in [-0.4, -0.2) is 72.3 Å². The first-order valence-corrected chi connectivity index (χ1v) is 9.63. The van der Waals surface area contributed by atoms with Crippen molar-refractivity contribution in [3.63, 3.8) is 0 Å². The van der Waals surface area contributed by atoms with E-state index in [2.05, 4.69) is 10.6 Å². The first-order valence-electron chi connectivity index (χ1n) is 9.63. The molecule has 2 N–H and O–H groups in total. The van der Waals surface area contributed by atoms with Gasteiger partial charge in [-0.1, -0.05) is 0 Å². The summed E-state index contributed by atoms with van der Waals surface area (Å²) in [6.07, 6.45) is 0.902. The lowest BCUT2D eigenvalue weighted by Gasteiger charge is -2.39. The molecule has 2 aliphatic heterocycles. The van der Waals surface area contributed by atoms with Crippen LogP contribution in [-0.2, 0) is 23.7 Å². The van der Waals surface area contributed by atoms with Crippen LogP contribution < -0.4 is 10.6 Å². The fourth-order valence-electron chi connectivity index (χ4n) is 3.15. The van der Waals surface area contributed by atoms with Gasteiger partial charge in [0.05, 0.1) is 25.5 Å². The van der Waals surface area contributed by atoms with Gasteiger partial charge in [-0.05, 0) is 41.5 Å². The van der Waals surface area contributed by atoms with Crippen molar-refractivity contribution in [1.29, 1.82) is 0 Å². The fourth-order valence-corrected chi connectivity index (χ4v) is 3.15. The van der Waals surface area contributed by atoms with Crippen LogP contribution in [0, 0.1) is 0 Å². The Hall–Kier alpha value is -2.33. The molecule has 2 fully saturated rings. The molecule has 2 heterocycles. The molecule has 10 nitrogen and oxygen atoms in total. The topological polar surface area (TPSA) is 115 Å². The lowest BCUT2D eigenvalue weighted by Crippen LogP contribution is -2.63. The maximum atomic E-state index is 12.5. The van der Waals surface area contributed by atoms with Crippen LogP contribution in [0.15, 0.2) is 12.3 Å². The van der Waals surface area contributed by atoms with Crippen molar-refractivity contribution in [2.45, 2.75) is 71.2 Å². The minimum Gasteiger partial charge on any atom is -0.501 e. The molecule has 3 atom stereocenters. The van der Waals surface area contributed by atoms with Crippen molar-refractivity contribution < 1.29 is 33.3 Å². The predicted octanol–water partition coefficient (Wildman–Crippen LogP) is 1.50. The van der Waals surface area contributed by atoms with E-state index in [1.807, 2.05) is 0 Å². The van der Waals surface area contributed by atoms with Gasteiger partial charge in [0.15, 0.2) is 5.79 Å². The van der Waals surface area contributed by atoms with Crippen LogP contribution in [0.3, 0.4) is 0 Å². The van der Waals surface area contributed by atoms with E-state index in [-0.39, 0.29) is 13.1 Å². The Balaban J connectivity index is 2.05. The highest BCUT2D eigenvalue weighted by molar-refractivity contribution is 6.00. The molecular weight excluding hydrogens is 382 g/mol. The molecule has 4 amide bonds. The number of ether oxygens (including phenoxy) is 4. The minimum absolute atomic E-state index is 0.159. The number of hydrogen-bond acceptors (Lipinski definition) is 7. The molecule has 0 aromatic heterocycles. The van der Waals surface area contributed by atoms with Gasteiger partial charge in [0.25, 0.3) is 5.91 Å². The van der Waals surface area contributed by atoms with Gasteiger partial charge in [-0.15, -0.1) is 0 Å². The van der Waals surface area contributed by atoms with Gasteiger partial charge in [-0.3, -0.25) is 10.1 Å². The highest BCUT2D eigenvalue weighted by atomic mass is 16.8. The normalized spacial score (nSPS) is 26.0. The van der Waals surface area contributed by atoms with Gasteiger partial charge >= 0.3 is 12.1 Å². The van der Waals surface area contributed by atoms with Crippen LogP contribution in [0.4, 0.5) is 9.59 Å². The summed E-state index contributed by atoms with van der Waals surface area (Å²) in [5, 5.41) is 4.88. The average Bonchev–Trinajstić information content (AvgIpc) is 2.87. The maximum absolute atomic E-state index is 12.5. The quantitative estimate of drug-likeness (QED) is 0.530. The van der Waals surface area contributed by atoms with E-state index in [0.717, 1.165) is 6.08 Å². The van der Waals surface area contributed by atoms with E-state index in [0.29, 0.717) is 6.61 Å². The highest BCUT2D eigenvalue weighted by Crippen LogP contribution is 2.33. The third-order valence-corrected chi connectivity index (χ3v) is 4.12. The van der Waals surface area contributed by atoms with Crippen LogP contribution in [0.5, 0.6) is 0 Å². The lowest BCUT2D eigenvalue weighted by molar-refractivity contribution is -0.146. The van der Waals surface area contributed by atoms with Gasteiger partial charge in [0.1, 0.15) is 17.8 Å². The average molecular weight is 413 g/mol. The molecule has 0 aliphatic carbocycles. The fraction of sp³-hybridized carbons (Fsp3) is 0.737. The van der Waals surface area contributed by atoms with Gasteiger partial charge < -0.3 is 29.2 Å². The summed E-state index contributed by atoms with van der Waals surface area (Å²) < 4.78 is 22.2. The second kappa shape index (κ2) is 9.00. The van der Waals surface area contributed by atoms with Crippen molar-refractivity contribution in [2.24, 2.45) is 0 Å². The van der Waals surface area contributed by atoms with Crippen LogP contribution in [0.1, 0.15) is 41.5 Å². The molecular formula is C19H31N3O7. The minimum atomic E-state index is -0.855. The van der Waals surface area contributed by atoms with Gasteiger partial charge in [-0.25, -0.2) is 9.59 Å². The number of urea groups is 1. The Bertz CT molecular complexity index is 657. The first kappa shape index (κ1) is 23.0. The number of hydrogen-bond donors (Lipinski definition) is 2. The molecule has 0 spiro atoms. The first-order chi connectivity index (χ1) is 13.4. The summed E-state index contributed by atoms with van der Waals surface area (Å²) in [4.78, 5) is 38.0. The summed E-state index contributed by atoms with van der Waals surface area (Å²) in [6, 6.07) is -1.30. The predicted molar refractivity (Wildman–Crippen MR) is 103 cm³/mol. The van der Waals surface area contributed by atoms with E-state index in [1.165, 1.54) is 11.2 Å². The van der Waals surface area contributed by atoms with Crippen LogP contribution in [0.2, 0.25) is 0 Å². The van der Waals surface area contributed by atoms with E-state index in [9.17, 15) is 14.4 Å². The second-order valence-electron chi connectivity index (χ2n) is 8.35. The van der Waals surface area contributed by atoms with Crippen LogP contribution in [0.25, 0.3) is 0 Å². The summed E-state index contributed by atoms with van der Waals surface area (Å²) in [6.45, 7) is 11.5.